The maximum absolute atomic E-state index is 13.9. The molecule has 2 aromatic rings. The third-order valence-electron chi connectivity index (χ3n) is 4.65. The highest BCUT2D eigenvalue weighted by Crippen LogP contribution is 2.50. The van der Waals surface area contributed by atoms with Gasteiger partial charge >= 0.3 is 0 Å². The average Bonchev–Trinajstić information content (AvgIpc) is 3.28. The first-order chi connectivity index (χ1) is 11.6. The van der Waals surface area contributed by atoms with E-state index in [9.17, 15) is 9.18 Å². The van der Waals surface area contributed by atoms with E-state index in [2.05, 4.69) is 10.2 Å². The number of rotatable bonds is 3. The van der Waals surface area contributed by atoms with E-state index in [-0.39, 0.29) is 29.6 Å². The summed E-state index contributed by atoms with van der Waals surface area (Å²) in [4.78, 5) is 14.6. The highest BCUT2D eigenvalue weighted by atomic mass is 19.1. The summed E-state index contributed by atoms with van der Waals surface area (Å²) < 4.78 is 24.9. The number of halogens is 1. The van der Waals surface area contributed by atoms with Gasteiger partial charge in [-0.1, -0.05) is 18.2 Å². The maximum atomic E-state index is 13.9. The molecule has 1 aromatic heterocycles. The van der Waals surface area contributed by atoms with E-state index in [0.29, 0.717) is 43.5 Å². The van der Waals surface area contributed by atoms with Crippen molar-refractivity contribution in [3.05, 3.63) is 47.4 Å². The molecular formula is C17H18FN3O3. The summed E-state index contributed by atoms with van der Waals surface area (Å²) in [6.07, 6.45) is 0.673. The highest BCUT2D eigenvalue weighted by molar-refractivity contribution is 5.83. The van der Waals surface area contributed by atoms with Crippen molar-refractivity contribution in [3.8, 4) is 0 Å². The summed E-state index contributed by atoms with van der Waals surface area (Å²) >= 11 is 0. The van der Waals surface area contributed by atoms with Crippen LogP contribution < -0.4 is 0 Å². The first-order valence-electron chi connectivity index (χ1n) is 8.08. The zero-order chi connectivity index (χ0) is 16.7. The lowest BCUT2D eigenvalue weighted by Crippen LogP contribution is -2.44. The molecule has 4 rings (SSSR count). The van der Waals surface area contributed by atoms with Gasteiger partial charge in [0.25, 0.3) is 0 Å². The fourth-order valence-electron chi connectivity index (χ4n) is 3.32. The number of carbonyl (C=O) groups excluding carboxylic acids is 1. The second-order valence-corrected chi connectivity index (χ2v) is 6.25. The summed E-state index contributed by atoms with van der Waals surface area (Å²) in [6.45, 7) is 3.00. The van der Waals surface area contributed by atoms with Gasteiger partial charge in [0.2, 0.25) is 17.7 Å². The van der Waals surface area contributed by atoms with Crippen LogP contribution in [0.2, 0.25) is 0 Å². The van der Waals surface area contributed by atoms with Crippen LogP contribution in [-0.4, -0.2) is 40.8 Å². The lowest BCUT2D eigenvalue weighted by molar-refractivity contribution is -0.142. The minimum absolute atomic E-state index is 0.00686. The van der Waals surface area contributed by atoms with Crippen LogP contribution in [0.15, 0.2) is 28.7 Å². The van der Waals surface area contributed by atoms with E-state index in [1.165, 1.54) is 6.07 Å². The number of morpholine rings is 1. The molecule has 1 aliphatic heterocycles. The van der Waals surface area contributed by atoms with Crippen molar-refractivity contribution in [2.24, 2.45) is 5.92 Å². The van der Waals surface area contributed by atoms with Crippen molar-refractivity contribution >= 4 is 5.91 Å². The lowest BCUT2D eigenvalue weighted by Gasteiger charge is -2.33. The van der Waals surface area contributed by atoms with Gasteiger partial charge < -0.3 is 14.1 Å². The second-order valence-electron chi connectivity index (χ2n) is 6.25. The van der Waals surface area contributed by atoms with Gasteiger partial charge in [-0.3, -0.25) is 4.79 Å². The Bertz CT molecular complexity index is 763. The topological polar surface area (TPSA) is 68.5 Å². The number of amides is 1. The summed E-state index contributed by atoms with van der Waals surface area (Å²) in [5, 5.41) is 7.85. The van der Waals surface area contributed by atoms with Crippen LogP contribution in [0.5, 0.6) is 0 Å². The number of aryl methyl sites for hydroxylation is 1. The molecule has 1 aliphatic carbocycles. The fraction of sp³-hybridized carbons (Fsp3) is 0.471. The molecular weight excluding hydrogens is 313 g/mol. The molecule has 1 saturated carbocycles. The number of aromatic nitrogens is 2. The van der Waals surface area contributed by atoms with Crippen LogP contribution in [-0.2, 0) is 9.53 Å². The van der Waals surface area contributed by atoms with Crippen molar-refractivity contribution < 1.29 is 18.3 Å². The Balaban J connectivity index is 1.52. The lowest BCUT2D eigenvalue weighted by atomic mass is 10.1. The van der Waals surface area contributed by atoms with Crippen LogP contribution in [0.1, 0.15) is 35.7 Å². The number of hydrogen-bond acceptors (Lipinski definition) is 5. The first kappa shape index (κ1) is 15.3. The quantitative estimate of drug-likeness (QED) is 0.863. The maximum Gasteiger partial charge on any atom is 0.241 e. The number of carbonyl (C=O) groups is 1. The van der Waals surface area contributed by atoms with Crippen molar-refractivity contribution in [1.82, 2.24) is 15.1 Å². The number of nitrogens with zero attached hydrogens (tertiary/aromatic N) is 3. The van der Waals surface area contributed by atoms with E-state index in [0.717, 1.165) is 0 Å². The molecule has 1 saturated heterocycles. The monoisotopic (exact) mass is 331 g/mol. The predicted octanol–water partition coefficient (Wildman–Crippen LogP) is 2.22. The summed E-state index contributed by atoms with van der Waals surface area (Å²) in [5.41, 5.74) is 0.620. The van der Waals surface area contributed by atoms with Gasteiger partial charge in [-0.2, -0.15) is 0 Å². The SMILES string of the molecule is Cc1nnc([C@@H]2COCCN2C(=O)[C@@H]2C[C@H]2c2ccccc2F)o1. The Kier molecular flexibility index (Phi) is 3.80. The van der Waals surface area contributed by atoms with Crippen LogP contribution >= 0.6 is 0 Å². The third-order valence-corrected chi connectivity index (χ3v) is 4.65. The van der Waals surface area contributed by atoms with Gasteiger partial charge in [-0.05, 0) is 24.0 Å². The molecule has 0 unspecified atom stereocenters. The van der Waals surface area contributed by atoms with Crippen molar-refractivity contribution in [1.29, 1.82) is 0 Å². The normalized spacial score (nSPS) is 26.4. The summed E-state index contributed by atoms with van der Waals surface area (Å²) in [7, 11) is 0. The van der Waals surface area contributed by atoms with Crippen LogP contribution in [0.25, 0.3) is 0 Å². The van der Waals surface area contributed by atoms with Crippen molar-refractivity contribution in [2.45, 2.75) is 25.3 Å². The largest absolute Gasteiger partial charge is 0.423 e. The molecule has 0 bridgehead atoms. The minimum Gasteiger partial charge on any atom is -0.423 e. The van der Waals surface area contributed by atoms with Crippen LogP contribution in [0.4, 0.5) is 4.39 Å². The van der Waals surface area contributed by atoms with Gasteiger partial charge in [-0.15, -0.1) is 10.2 Å². The molecule has 2 fully saturated rings. The van der Waals surface area contributed by atoms with Gasteiger partial charge in [0.1, 0.15) is 11.9 Å². The molecule has 0 spiro atoms. The Morgan fingerprint density at radius 3 is 2.92 bits per heavy atom. The standard InChI is InChI=1S/C17H18FN3O3/c1-10-19-20-16(24-10)15-9-23-7-6-21(15)17(22)13-8-12(13)11-4-2-3-5-14(11)18/h2-5,12-13,15H,6-9H2,1H3/t12-,13+,15-/m0/s1. The average molecular weight is 331 g/mol. The highest BCUT2D eigenvalue weighted by Gasteiger charge is 2.49. The van der Waals surface area contributed by atoms with Gasteiger partial charge in [0, 0.05) is 19.4 Å². The fourth-order valence-corrected chi connectivity index (χ4v) is 3.32. The zero-order valence-corrected chi connectivity index (χ0v) is 13.3. The first-order valence-corrected chi connectivity index (χ1v) is 8.08. The van der Waals surface area contributed by atoms with Crippen LogP contribution in [0.3, 0.4) is 0 Å². The third kappa shape index (κ3) is 2.69. The summed E-state index contributed by atoms with van der Waals surface area (Å²) in [6, 6.07) is 6.29. The van der Waals surface area contributed by atoms with Gasteiger partial charge in [0.05, 0.1) is 13.2 Å². The number of ether oxygens (including phenoxy) is 1. The van der Waals surface area contributed by atoms with E-state index in [4.69, 9.17) is 9.15 Å². The second kappa shape index (κ2) is 5.98. The Morgan fingerprint density at radius 1 is 1.33 bits per heavy atom. The molecule has 1 amide bonds. The number of hydrogen-bond donors (Lipinski definition) is 0. The molecule has 7 heteroatoms. The summed E-state index contributed by atoms with van der Waals surface area (Å²) in [5.74, 6) is 0.372. The molecule has 126 valence electrons. The molecule has 0 N–H and O–H groups in total. The number of benzene rings is 1. The molecule has 2 aliphatic rings. The molecule has 2 heterocycles. The van der Waals surface area contributed by atoms with Gasteiger partial charge in [-0.25, -0.2) is 4.39 Å². The Labute approximate surface area is 138 Å². The Morgan fingerprint density at radius 2 is 2.17 bits per heavy atom. The molecule has 1 aromatic carbocycles. The van der Waals surface area contributed by atoms with Crippen molar-refractivity contribution in [2.75, 3.05) is 19.8 Å². The van der Waals surface area contributed by atoms with Gasteiger partial charge in [0.15, 0.2) is 0 Å². The predicted molar refractivity (Wildman–Crippen MR) is 81.6 cm³/mol. The molecule has 24 heavy (non-hydrogen) atoms. The Hall–Kier alpha value is -2.28. The smallest absolute Gasteiger partial charge is 0.241 e. The van der Waals surface area contributed by atoms with Crippen molar-refractivity contribution in [3.63, 3.8) is 0 Å². The van der Waals surface area contributed by atoms with Crippen LogP contribution in [0, 0.1) is 18.7 Å². The molecule has 3 atom stereocenters. The van der Waals surface area contributed by atoms with E-state index in [1.807, 2.05) is 0 Å². The van der Waals surface area contributed by atoms with E-state index >= 15 is 0 Å². The molecule has 6 nitrogen and oxygen atoms in total. The van der Waals surface area contributed by atoms with E-state index < -0.39 is 0 Å². The zero-order valence-electron chi connectivity index (χ0n) is 13.3. The minimum atomic E-state index is -0.366. The molecule has 0 radical (unpaired) electrons. The van der Waals surface area contributed by atoms with E-state index in [1.54, 1.807) is 30.0 Å².